The number of rotatable bonds is 15. The fourth-order valence-corrected chi connectivity index (χ4v) is 5.75. The molecule has 0 aromatic heterocycles. The van der Waals surface area contributed by atoms with Crippen LogP contribution in [0.2, 0.25) is 0 Å². The maximum absolute atomic E-state index is 8.25. The van der Waals surface area contributed by atoms with Crippen molar-refractivity contribution in [1.29, 1.82) is 0 Å². The van der Waals surface area contributed by atoms with E-state index in [9.17, 15) is 0 Å². The van der Waals surface area contributed by atoms with Gasteiger partial charge in [-0.15, -0.1) is 46.4 Å². The van der Waals surface area contributed by atoms with Crippen LogP contribution in [0.1, 0.15) is 33.4 Å². The Morgan fingerprint density at radius 1 is 0.293 bits per heavy atom. The molecule has 0 bridgehead atoms. The third kappa shape index (κ3) is 39.6. The minimum atomic E-state index is -1.75. The minimum Gasteiger partial charge on any atom is -0.378 e. The monoisotopic (exact) mass is 1390 g/mol. The fraction of sp³-hybridized carbons (Fsp3) is 0.250. The molecule has 82 heavy (non-hydrogen) atoms. The second-order valence-corrected chi connectivity index (χ2v) is 18.6. The fourth-order valence-electron chi connectivity index (χ4n) is 5.75. The second-order valence-electron chi connectivity index (χ2n) is 17.0. The molecule has 0 atom stereocenters. The summed E-state index contributed by atoms with van der Waals surface area (Å²) < 4.78 is 0. The zero-order valence-corrected chi connectivity index (χ0v) is 53.5. The van der Waals surface area contributed by atoms with Crippen molar-refractivity contribution < 1.29 is 54.9 Å². The van der Waals surface area contributed by atoms with Crippen molar-refractivity contribution in [2.45, 2.75) is 0 Å². The van der Waals surface area contributed by atoms with Gasteiger partial charge in [-0.05, 0) is 106 Å². The second kappa shape index (κ2) is 47.8. The predicted molar refractivity (Wildman–Crippen MR) is 344 cm³/mol. The first-order valence-corrected chi connectivity index (χ1v) is 25.8. The van der Waals surface area contributed by atoms with E-state index in [1.165, 1.54) is 34.1 Å². The third-order valence-electron chi connectivity index (χ3n) is 9.90. The Labute approximate surface area is 533 Å². The van der Waals surface area contributed by atoms with E-state index in [0.717, 1.165) is 33.4 Å². The van der Waals surface area contributed by atoms with Gasteiger partial charge in [0, 0.05) is 119 Å². The summed E-state index contributed by atoms with van der Waals surface area (Å²) in [5.41, 5.74) is 13.2. The number of nitrogens with zero attached hydrogens (tertiary/aromatic N) is 14. The zero-order chi connectivity index (χ0) is 60.4. The van der Waals surface area contributed by atoms with Crippen molar-refractivity contribution in [2.24, 2.45) is 30.6 Å². The van der Waals surface area contributed by atoms with E-state index in [1.54, 1.807) is 37.3 Å². The van der Waals surface area contributed by atoms with E-state index in [1.807, 2.05) is 157 Å². The number of halogens is 4. The topological polar surface area (TPSA) is 226 Å². The van der Waals surface area contributed by atoms with Crippen LogP contribution in [0.4, 0.5) is 34.1 Å². The zero-order valence-electron chi connectivity index (χ0n) is 47.6. The van der Waals surface area contributed by atoms with Gasteiger partial charge >= 0.3 is 44.8 Å². The van der Waals surface area contributed by atoms with Crippen molar-refractivity contribution in [2.75, 3.05) is 125 Å². The SMILES string of the molecule is CN(C)c1ccc(/C=N/N=C/c2ccc(N(C)C)cc2)cc1.CN(C)c1ccc(/C=N/N=C/c2ccc(N(C)C)cc2)cc1.CN(C)c1ccc(/C=N/N=C/c2ccc(N(C)C)cc2)cc1.ClCCl.ClCCl.O=[N+]([O-])[O-].O=[N+]([O-])[O-].[Ag+].[Ag+]. The molecule has 26 heteroatoms. The Morgan fingerprint density at radius 3 is 0.451 bits per heavy atom. The van der Waals surface area contributed by atoms with Crippen LogP contribution in [-0.2, 0) is 44.8 Å². The molecule has 0 N–H and O–H groups in total. The number of benzene rings is 6. The summed E-state index contributed by atoms with van der Waals surface area (Å²) in [5, 5.41) is 54.4. The third-order valence-corrected chi connectivity index (χ3v) is 9.90. The summed E-state index contributed by atoms with van der Waals surface area (Å²) >= 11 is 19.1. The molecule has 0 spiro atoms. The van der Waals surface area contributed by atoms with Crippen molar-refractivity contribution in [3.05, 3.63) is 210 Å². The van der Waals surface area contributed by atoms with Crippen LogP contribution in [0.3, 0.4) is 0 Å². The summed E-state index contributed by atoms with van der Waals surface area (Å²) in [5.74, 6) is 0. The van der Waals surface area contributed by atoms with Gasteiger partial charge in [0.1, 0.15) is 0 Å². The normalized spacial score (nSPS) is 10.1. The van der Waals surface area contributed by atoms with Gasteiger partial charge in [0.25, 0.3) is 0 Å². The van der Waals surface area contributed by atoms with Gasteiger partial charge < -0.3 is 60.0 Å². The molecule has 0 aliphatic heterocycles. The van der Waals surface area contributed by atoms with Crippen LogP contribution in [0.25, 0.3) is 0 Å². The van der Waals surface area contributed by atoms with E-state index >= 15 is 0 Å². The largest absolute Gasteiger partial charge is 1.00 e. The van der Waals surface area contributed by atoms with Crippen LogP contribution >= 0.6 is 46.4 Å². The molecule has 0 aliphatic rings. The summed E-state index contributed by atoms with van der Waals surface area (Å²) in [4.78, 5) is 28.9. The molecule has 0 aliphatic carbocycles. The van der Waals surface area contributed by atoms with Crippen molar-refractivity contribution in [1.82, 2.24) is 0 Å². The molecule has 0 saturated carbocycles. The molecule has 6 rings (SSSR count). The Bertz CT molecular complexity index is 2310. The van der Waals surface area contributed by atoms with Crippen LogP contribution < -0.4 is 29.4 Å². The molecule has 0 unspecified atom stereocenters. The van der Waals surface area contributed by atoms with E-state index in [-0.39, 0.29) is 55.4 Å². The Hall–Kier alpha value is -6.82. The van der Waals surface area contributed by atoms with Crippen LogP contribution in [0.15, 0.2) is 176 Å². The summed E-state index contributed by atoms with van der Waals surface area (Å²) in [6.45, 7) is 0. The first-order valence-electron chi connectivity index (χ1n) is 23.7. The molecule has 0 heterocycles. The average molecular weight is 1390 g/mol. The van der Waals surface area contributed by atoms with Crippen LogP contribution in [0, 0.1) is 30.6 Å². The molecular formula is C56H70Ag2Cl4N14O6. The quantitative estimate of drug-likeness (QED) is 0.0308. The van der Waals surface area contributed by atoms with Gasteiger partial charge in [-0.3, -0.25) is 0 Å². The van der Waals surface area contributed by atoms with Crippen molar-refractivity contribution >= 4 is 118 Å². The number of alkyl halides is 4. The van der Waals surface area contributed by atoms with Crippen molar-refractivity contribution in [3.8, 4) is 0 Å². The van der Waals surface area contributed by atoms with Crippen LogP contribution in [-0.4, -0.2) is 143 Å². The van der Waals surface area contributed by atoms with E-state index in [4.69, 9.17) is 77.0 Å². The van der Waals surface area contributed by atoms with E-state index in [0.29, 0.717) is 0 Å². The number of hydrogen-bond donors (Lipinski definition) is 0. The average Bonchev–Trinajstić information content (AvgIpc) is 3.41. The number of anilines is 6. The van der Waals surface area contributed by atoms with E-state index in [2.05, 4.69) is 133 Å². The Morgan fingerprint density at radius 2 is 0.378 bits per heavy atom. The molecule has 0 amide bonds. The molecule has 0 saturated heterocycles. The Kier molecular flexibility index (Phi) is 46.3. The summed E-state index contributed by atoms with van der Waals surface area (Å²) in [6, 6.07) is 49.1. The maximum atomic E-state index is 8.25. The predicted octanol–water partition coefficient (Wildman–Crippen LogP) is 12.2. The molecule has 20 nitrogen and oxygen atoms in total. The van der Waals surface area contributed by atoms with Gasteiger partial charge in [0.2, 0.25) is 0 Å². The summed E-state index contributed by atoms with van der Waals surface area (Å²) in [7, 11) is 24.3. The molecule has 450 valence electrons. The maximum Gasteiger partial charge on any atom is 1.00 e. The molecule has 6 aromatic rings. The van der Waals surface area contributed by atoms with Gasteiger partial charge in [-0.25, -0.2) is 0 Å². The molecule has 0 radical (unpaired) electrons. The summed E-state index contributed by atoms with van der Waals surface area (Å²) in [6.07, 6.45) is 10.5. The van der Waals surface area contributed by atoms with Crippen molar-refractivity contribution in [3.63, 3.8) is 0 Å². The molecular weight excluding hydrogens is 1320 g/mol. The molecule has 6 aromatic carbocycles. The van der Waals surface area contributed by atoms with Gasteiger partial charge in [0.15, 0.2) is 0 Å². The van der Waals surface area contributed by atoms with E-state index < -0.39 is 10.2 Å². The van der Waals surface area contributed by atoms with Gasteiger partial charge in [-0.2, -0.15) is 30.6 Å². The van der Waals surface area contributed by atoms with Gasteiger partial charge in [0.05, 0.1) is 58.1 Å². The minimum absolute atomic E-state index is 0. The standard InChI is InChI=1S/3C18H22N4.2CH2Cl2.2Ag.2NO3/c3*1-21(2)17-9-5-15(6-10-17)13-19-20-14-16-7-11-18(12-8-16)22(3)4;2*2-1-3;;;2*2-1(3)4/h3*5-14H,1-4H3;2*1H2;;;;/q;;;;;2*+1;2*-1/b3*19-13+,20-14+;;;;;;. The Balaban J connectivity index is -0.00000101. The molecule has 0 fully saturated rings. The number of hydrogen-bond acceptors (Lipinski definition) is 18. The van der Waals surface area contributed by atoms with Crippen LogP contribution in [0.5, 0.6) is 0 Å². The smallest absolute Gasteiger partial charge is 0.378 e. The van der Waals surface area contributed by atoms with Gasteiger partial charge in [-0.1, -0.05) is 72.8 Å². The first-order chi connectivity index (χ1) is 38.0. The first kappa shape index (κ1) is 79.4.